The molecule has 11 nitrogen and oxygen atoms in total. The van der Waals surface area contributed by atoms with Gasteiger partial charge in [0.2, 0.25) is 6.79 Å². The molecule has 2 rings (SSSR count). The van der Waals surface area contributed by atoms with Gasteiger partial charge in [0, 0.05) is 26.0 Å². The van der Waals surface area contributed by atoms with Crippen LogP contribution >= 0.6 is 0 Å². The second-order valence-electron chi connectivity index (χ2n) is 9.64. The first-order valence-corrected chi connectivity index (χ1v) is 13.1. The number of nitrogens with one attached hydrogen (secondary N) is 1. The van der Waals surface area contributed by atoms with Crippen molar-refractivity contribution in [2.75, 3.05) is 34.2 Å². The number of carbonyl (C=O) groups excluding carboxylic acids is 3. The number of rotatable bonds is 13. The molecule has 0 spiro atoms. The van der Waals surface area contributed by atoms with Gasteiger partial charge in [0.25, 0.3) is 5.91 Å². The highest BCUT2D eigenvalue weighted by molar-refractivity contribution is 5.98. The Morgan fingerprint density at radius 2 is 2.00 bits per heavy atom. The van der Waals surface area contributed by atoms with E-state index >= 15 is 0 Å². The van der Waals surface area contributed by atoms with Gasteiger partial charge < -0.3 is 33.7 Å². The average Bonchev–Trinajstić information content (AvgIpc) is 2.94. The van der Waals surface area contributed by atoms with Crippen LogP contribution in [-0.2, 0) is 28.5 Å². The maximum absolute atomic E-state index is 13.2. The second-order valence-corrected chi connectivity index (χ2v) is 9.64. The van der Waals surface area contributed by atoms with Crippen LogP contribution in [0.5, 0.6) is 11.5 Å². The summed E-state index contributed by atoms with van der Waals surface area (Å²) >= 11 is 0. The molecule has 1 aliphatic rings. The maximum Gasteiger partial charge on any atom is 0.334 e. The van der Waals surface area contributed by atoms with Crippen LogP contribution < -0.4 is 14.8 Å². The summed E-state index contributed by atoms with van der Waals surface area (Å²) in [4.78, 5) is 42.1. The first-order chi connectivity index (χ1) is 18.2. The van der Waals surface area contributed by atoms with Gasteiger partial charge in [0.05, 0.1) is 13.2 Å². The van der Waals surface area contributed by atoms with Gasteiger partial charge in [-0.25, -0.2) is 14.6 Å². The van der Waals surface area contributed by atoms with Crippen molar-refractivity contribution in [2.45, 2.75) is 78.0 Å². The smallest absolute Gasteiger partial charge is 0.334 e. The number of carbonyl (C=O) groups is 3. The van der Waals surface area contributed by atoms with Crippen LogP contribution in [0.2, 0.25) is 0 Å². The van der Waals surface area contributed by atoms with Crippen LogP contribution in [-0.4, -0.2) is 75.3 Å². The number of ether oxygens (including phenoxy) is 6. The van der Waals surface area contributed by atoms with Gasteiger partial charge in [-0.05, 0) is 44.9 Å². The normalized spacial score (nSPS) is 22.0. The molecular formula is C27H42N2O9. The lowest BCUT2D eigenvalue weighted by molar-refractivity contribution is -0.159. The van der Waals surface area contributed by atoms with Gasteiger partial charge in [-0.3, -0.25) is 4.79 Å². The minimum atomic E-state index is -0.879. The third-order valence-corrected chi connectivity index (χ3v) is 6.42. The highest BCUT2D eigenvalue weighted by Gasteiger charge is 2.35. The van der Waals surface area contributed by atoms with Crippen LogP contribution in [0.3, 0.4) is 0 Å². The third kappa shape index (κ3) is 9.43. The van der Waals surface area contributed by atoms with E-state index in [0.717, 1.165) is 19.3 Å². The number of hydrogen-bond acceptors (Lipinski definition) is 10. The molecule has 38 heavy (non-hydrogen) atoms. The average molecular weight is 539 g/mol. The highest BCUT2D eigenvalue weighted by atomic mass is 16.7. The van der Waals surface area contributed by atoms with E-state index in [-0.39, 0.29) is 35.8 Å². The molecule has 4 atom stereocenters. The Bertz CT molecular complexity index is 909. The summed E-state index contributed by atoms with van der Waals surface area (Å²) in [6.07, 6.45) is 4.67. The first kappa shape index (κ1) is 31.3. The fraction of sp³-hybridized carbons (Fsp3) is 0.704. The predicted octanol–water partition coefficient (Wildman–Crippen LogP) is 3.29. The number of nitrogens with zero attached hydrogens (tertiary/aromatic N) is 1. The standard InChI is InChI=1S/C27H42N2O9/c1-7-35-15-22(30)36-16-37-25-21(33-5)13-14-28-23(25)26(31)29-20-10-8-9-19(12-11-17(2)3)24(34-6)18(4)38-27(20)32/h13-14,17-20,24H,7-12,15-16H2,1-6H3,(H,29,31)/t18-,19+,20-,24-/m0/s1. The van der Waals surface area contributed by atoms with E-state index in [0.29, 0.717) is 25.4 Å². The van der Waals surface area contributed by atoms with Crippen molar-refractivity contribution in [3.8, 4) is 11.5 Å². The molecular weight excluding hydrogens is 496 g/mol. The maximum atomic E-state index is 13.2. The number of pyridine rings is 1. The lowest BCUT2D eigenvalue weighted by Gasteiger charge is -2.30. The number of hydrogen-bond donors (Lipinski definition) is 1. The Morgan fingerprint density at radius 1 is 1.24 bits per heavy atom. The lowest BCUT2D eigenvalue weighted by Crippen LogP contribution is -2.44. The van der Waals surface area contributed by atoms with Crippen LogP contribution in [0.4, 0.5) is 0 Å². The van der Waals surface area contributed by atoms with Crippen molar-refractivity contribution >= 4 is 17.8 Å². The molecule has 214 valence electrons. The topological polar surface area (TPSA) is 132 Å². The van der Waals surface area contributed by atoms with Crippen LogP contribution in [0.1, 0.15) is 70.3 Å². The van der Waals surface area contributed by atoms with Gasteiger partial charge in [-0.2, -0.15) is 0 Å². The predicted molar refractivity (Wildman–Crippen MR) is 138 cm³/mol. The Balaban J connectivity index is 2.14. The zero-order valence-electron chi connectivity index (χ0n) is 23.3. The second kappa shape index (κ2) is 16.1. The minimum Gasteiger partial charge on any atom is -0.493 e. The molecule has 0 saturated carbocycles. The number of cyclic esters (lactones) is 1. The molecule has 0 aliphatic carbocycles. The van der Waals surface area contributed by atoms with Gasteiger partial charge >= 0.3 is 11.9 Å². The van der Waals surface area contributed by atoms with Crippen molar-refractivity contribution in [3.63, 3.8) is 0 Å². The number of esters is 2. The number of methoxy groups -OCH3 is 2. The quantitative estimate of drug-likeness (QED) is 0.295. The molecule has 2 heterocycles. The van der Waals surface area contributed by atoms with E-state index in [2.05, 4.69) is 24.1 Å². The third-order valence-electron chi connectivity index (χ3n) is 6.42. The van der Waals surface area contributed by atoms with Crippen LogP contribution in [0.15, 0.2) is 12.3 Å². The fourth-order valence-electron chi connectivity index (χ4n) is 4.45. The molecule has 0 bridgehead atoms. The molecule has 0 unspecified atom stereocenters. The van der Waals surface area contributed by atoms with Crippen molar-refractivity contribution in [1.29, 1.82) is 0 Å². The van der Waals surface area contributed by atoms with Crippen LogP contribution in [0.25, 0.3) is 0 Å². The largest absolute Gasteiger partial charge is 0.493 e. The molecule has 1 aromatic heterocycles. The molecule has 1 aromatic rings. The zero-order valence-corrected chi connectivity index (χ0v) is 23.3. The highest BCUT2D eigenvalue weighted by Crippen LogP contribution is 2.31. The molecule has 0 aromatic carbocycles. The van der Waals surface area contributed by atoms with E-state index in [9.17, 15) is 14.4 Å². The molecule has 1 saturated heterocycles. The van der Waals surface area contributed by atoms with Gasteiger partial charge in [-0.15, -0.1) is 0 Å². The molecule has 1 N–H and O–H groups in total. The molecule has 1 amide bonds. The first-order valence-electron chi connectivity index (χ1n) is 13.1. The van der Waals surface area contributed by atoms with Crippen LogP contribution in [0, 0.1) is 11.8 Å². The summed E-state index contributed by atoms with van der Waals surface area (Å²) in [7, 11) is 3.04. The zero-order chi connectivity index (χ0) is 28.1. The Kier molecular flexibility index (Phi) is 13.3. The van der Waals surface area contributed by atoms with E-state index in [4.69, 9.17) is 28.4 Å². The molecule has 11 heteroatoms. The number of aromatic nitrogens is 1. The summed E-state index contributed by atoms with van der Waals surface area (Å²) in [6, 6.07) is 0.628. The summed E-state index contributed by atoms with van der Waals surface area (Å²) < 4.78 is 32.3. The lowest BCUT2D eigenvalue weighted by atomic mass is 9.86. The monoisotopic (exact) mass is 538 g/mol. The molecule has 0 radical (unpaired) electrons. The van der Waals surface area contributed by atoms with Crippen molar-refractivity contribution in [3.05, 3.63) is 18.0 Å². The Hall–Kier alpha value is -2.92. The fourth-order valence-corrected chi connectivity index (χ4v) is 4.45. The molecule has 1 aliphatic heterocycles. The van der Waals surface area contributed by atoms with E-state index < -0.39 is 36.8 Å². The van der Waals surface area contributed by atoms with Gasteiger partial charge in [0.1, 0.15) is 18.8 Å². The minimum absolute atomic E-state index is 0.0188. The Labute approximate surface area is 224 Å². The number of amides is 1. The van der Waals surface area contributed by atoms with E-state index in [1.165, 1.54) is 19.4 Å². The summed E-state index contributed by atoms with van der Waals surface area (Å²) in [5, 5.41) is 2.74. The Morgan fingerprint density at radius 3 is 2.66 bits per heavy atom. The van der Waals surface area contributed by atoms with Crippen molar-refractivity contribution in [1.82, 2.24) is 10.3 Å². The van der Waals surface area contributed by atoms with E-state index in [1.54, 1.807) is 14.0 Å². The summed E-state index contributed by atoms with van der Waals surface area (Å²) in [5.41, 5.74) is -0.115. The summed E-state index contributed by atoms with van der Waals surface area (Å²) in [5.74, 6) is -0.803. The SMILES string of the molecule is CCOCC(=O)OCOc1c(OC)ccnc1C(=O)N[C@H]1CCC[C@H](CCC(C)C)[C@@H](OC)[C@H](C)OC1=O. The van der Waals surface area contributed by atoms with Crippen molar-refractivity contribution < 1.29 is 42.8 Å². The molecule has 1 fully saturated rings. The summed E-state index contributed by atoms with van der Waals surface area (Å²) in [6.45, 7) is 7.60. The van der Waals surface area contributed by atoms with Gasteiger partial charge in [-0.1, -0.05) is 26.7 Å². The van der Waals surface area contributed by atoms with Gasteiger partial charge in [0.15, 0.2) is 17.2 Å². The van der Waals surface area contributed by atoms with E-state index in [1.807, 2.05) is 6.92 Å². The van der Waals surface area contributed by atoms with Crippen molar-refractivity contribution in [2.24, 2.45) is 11.8 Å².